The number of primary amides is 1. The molecule has 0 aromatic heterocycles. The van der Waals surface area contributed by atoms with Crippen molar-refractivity contribution in [3.63, 3.8) is 0 Å². The highest BCUT2D eigenvalue weighted by Gasteiger charge is 2.08. The summed E-state index contributed by atoms with van der Waals surface area (Å²) in [6.45, 7) is 3.00. The van der Waals surface area contributed by atoms with Crippen LogP contribution in [-0.4, -0.2) is 19.1 Å². The van der Waals surface area contributed by atoms with Crippen LogP contribution >= 0.6 is 0 Å². The summed E-state index contributed by atoms with van der Waals surface area (Å²) in [6, 6.07) is 5.31. The van der Waals surface area contributed by atoms with Gasteiger partial charge in [0.15, 0.2) is 0 Å². The lowest BCUT2D eigenvalue weighted by Crippen LogP contribution is -2.14. The lowest BCUT2D eigenvalue weighted by molar-refractivity contribution is 0.0996. The predicted octanol–water partition coefficient (Wildman–Crippen LogP) is 0.822. The van der Waals surface area contributed by atoms with Crippen LogP contribution in [0.2, 0.25) is 0 Å². The third kappa shape index (κ3) is 3.25. The van der Waals surface area contributed by atoms with E-state index >= 15 is 0 Å². The molecule has 0 saturated heterocycles. The van der Waals surface area contributed by atoms with Crippen molar-refractivity contribution in [2.24, 2.45) is 11.5 Å². The highest BCUT2D eigenvalue weighted by Crippen LogP contribution is 2.19. The molecule has 1 aromatic rings. The van der Waals surface area contributed by atoms with Crippen LogP contribution in [0.15, 0.2) is 18.2 Å². The van der Waals surface area contributed by atoms with E-state index in [2.05, 4.69) is 0 Å². The van der Waals surface area contributed by atoms with Crippen molar-refractivity contribution in [1.29, 1.82) is 0 Å². The minimum absolute atomic E-state index is 0.414. The molecule has 4 N–H and O–H groups in total. The predicted molar refractivity (Wildman–Crippen MR) is 58.9 cm³/mol. The van der Waals surface area contributed by atoms with Gasteiger partial charge in [-0.15, -0.1) is 0 Å². The van der Waals surface area contributed by atoms with Crippen molar-refractivity contribution in [1.82, 2.24) is 0 Å². The van der Waals surface area contributed by atoms with E-state index in [1.807, 2.05) is 13.0 Å². The first kappa shape index (κ1) is 11.5. The fourth-order valence-electron chi connectivity index (χ4n) is 1.22. The summed E-state index contributed by atoms with van der Waals surface area (Å²) < 4.78 is 5.44. The van der Waals surface area contributed by atoms with Gasteiger partial charge in [-0.2, -0.15) is 0 Å². The molecule has 0 fully saturated rings. The van der Waals surface area contributed by atoms with Gasteiger partial charge in [0.1, 0.15) is 5.75 Å². The number of benzene rings is 1. The molecule has 1 aromatic carbocycles. The van der Waals surface area contributed by atoms with E-state index in [1.165, 1.54) is 0 Å². The van der Waals surface area contributed by atoms with E-state index in [0.717, 1.165) is 12.0 Å². The Morgan fingerprint density at radius 2 is 2.20 bits per heavy atom. The summed E-state index contributed by atoms with van der Waals surface area (Å²) in [6.07, 6.45) is 0.756. The Morgan fingerprint density at radius 1 is 1.47 bits per heavy atom. The average Bonchev–Trinajstić information content (AvgIpc) is 2.18. The maximum atomic E-state index is 11.1. The summed E-state index contributed by atoms with van der Waals surface area (Å²) in [7, 11) is 0. The van der Waals surface area contributed by atoms with E-state index in [1.54, 1.807) is 12.1 Å². The van der Waals surface area contributed by atoms with Crippen LogP contribution in [0.1, 0.15) is 22.3 Å². The fourth-order valence-corrected chi connectivity index (χ4v) is 1.22. The number of nitrogens with two attached hydrogens (primary N) is 2. The molecule has 0 bridgehead atoms. The zero-order chi connectivity index (χ0) is 11.3. The van der Waals surface area contributed by atoms with Crippen molar-refractivity contribution in [2.75, 3.05) is 13.2 Å². The van der Waals surface area contributed by atoms with E-state index < -0.39 is 5.91 Å². The first-order valence-corrected chi connectivity index (χ1v) is 4.88. The number of hydrogen-bond donors (Lipinski definition) is 2. The molecular weight excluding hydrogens is 192 g/mol. The van der Waals surface area contributed by atoms with Gasteiger partial charge in [0.2, 0.25) is 0 Å². The third-order valence-corrected chi connectivity index (χ3v) is 2.01. The van der Waals surface area contributed by atoms with Gasteiger partial charge in [-0.1, -0.05) is 6.07 Å². The number of hydrogen-bond acceptors (Lipinski definition) is 3. The second kappa shape index (κ2) is 5.36. The largest absolute Gasteiger partial charge is 0.493 e. The summed E-state index contributed by atoms with van der Waals surface area (Å²) in [5.41, 5.74) is 12.0. The molecule has 0 heterocycles. The summed E-state index contributed by atoms with van der Waals surface area (Å²) in [5.74, 6) is 0.0636. The van der Waals surface area contributed by atoms with Gasteiger partial charge in [0, 0.05) is 0 Å². The van der Waals surface area contributed by atoms with Crippen molar-refractivity contribution in [3.8, 4) is 5.75 Å². The van der Waals surface area contributed by atoms with Gasteiger partial charge < -0.3 is 16.2 Å². The first-order chi connectivity index (χ1) is 7.15. The van der Waals surface area contributed by atoms with Crippen LogP contribution < -0.4 is 16.2 Å². The molecule has 82 valence electrons. The zero-order valence-electron chi connectivity index (χ0n) is 8.82. The van der Waals surface area contributed by atoms with Crippen molar-refractivity contribution >= 4 is 5.91 Å². The molecule has 0 saturated carbocycles. The Balaban J connectivity index is 2.82. The van der Waals surface area contributed by atoms with Crippen LogP contribution in [0.3, 0.4) is 0 Å². The normalized spacial score (nSPS) is 10.0. The smallest absolute Gasteiger partial charge is 0.252 e. The highest BCUT2D eigenvalue weighted by atomic mass is 16.5. The molecule has 4 heteroatoms. The molecule has 4 nitrogen and oxygen atoms in total. The van der Waals surface area contributed by atoms with E-state index in [4.69, 9.17) is 16.2 Å². The molecule has 0 aliphatic rings. The number of aryl methyl sites for hydroxylation is 1. The van der Waals surface area contributed by atoms with Gasteiger partial charge >= 0.3 is 0 Å². The molecule has 0 spiro atoms. The Bertz CT molecular complexity index is 350. The second-order valence-corrected chi connectivity index (χ2v) is 3.35. The van der Waals surface area contributed by atoms with Crippen LogP contribution in [0, 0.1) is 6.92 Å². The number of ether oxygens (including phenoxy) is 1. The number of rotatable bonds is 5. The second-order valence-electron chi connectivity index (χ2n) is 3.35. The standard InChI is InChI=1S/C11H16N2O2/c1-8-3-4-9(11(13)14)10(7-8)15-6-2-5-12/h3-4,7H,2,5-6,12H2,1H3,(H2,13,14). The molecule has 1 amide bonds. The zero-order valence-corrected chi connectivity index (χ0v) is 8.82. The summed E-state index contributed by atoms with van der Waals surface area (Å²) in [5, 5.41) is 0. The summed E-state index contributed by atoms with van der Waals surface area (Å²) >= 11 is 0. The Morgan fingerprint density at radius 3 is 2.80 bits per heavy atom. The van der Waals surface area contributed by atoms with Crippen molar-refractivity contribution in [2.45, 2.75) is 13.3 Å². The Labute approximate surface area is 89.2 Å². The van der Waals surface area contributed by atoms with Gasteiger partial charge in [0.25, 0.3) is 5.91 Å². The van der Waals surface area contributed by atoms with Crippen LogP contribution in [0.25, 0.3) is 0 Å². The molecular formula is C11H16N2O2. The molecule has 15 heavy (non-hydrogen) atoms. The Kier molecular flexibility index (Phi) is 4.12. The number of carbonyl (C=O) groups is 1. The molecule has 0 unspecified atom stereocenters. The number of amides is 1. The third-order valence-electron chi connectivity index (χ3n) is 2.01. The van der Waals surface area contributed by atoms with E-state index in [9.17, 15) is 4.79 Å². The molecule has 0 atom stereocenters. The van der Waals surface area contributed by atoms with Crippen LogP contribution in [-0.2, 0) is 0 Å². The Hall–Kier alpha value is -1.55. The van der Waals surface area contributed by atoms with Gasteiger partial charge in [-0.3, -0.25) is 4.79 Å². The highest BCUT2D eigenvalue weighted by molar-refractivity contribution is 5.95. The minimum Gasteiger partial charge on any atom is -0.493 e. The molecule has 0 aliphatic heterocycles. The van der Waals surface area contributed by atoms with Crippen molar-refractivity contribution < 1.29 is 9.53 Å². The van der Waals surface area contributed by atoms with Gasteiger partial charge in [-0.05, 0) is 37.6 Å². The number of carbonyl (C=O) groups excluding carboxylic acids is 1. The maximum Gasteiger partial charge on any atom is 0.252 e. The molecule has 0 radical (unpaired) electrons. The molecule has 1 rings (SSSR count). The van der Waals surface area contributed by atoms with Crippen LogP contribution in [0.5, 0.6) is 5.75 Å². The minimum atomic E-state index is -0.474. The van der Waals surface area contributed by atoms with Gasteiger partial charge in [-0.25, -0.2) is 0 Å². The lowest BCUT2D eigenvalue weighted by Gasteiger charge is -2.09. The fraction of sp³-hybridized carbons (Fsp3) is 0.364. The van der Waals surface area contributed by atoms with E-state index in [-0.39, 0.29) is 0 Å². The lowest BCUT2D eigenvalue weighted by atomic mass is 10.1. The monoisotopic (exact) mass is 208 g/mol. The SMILES string of the molecule is Cc1ccc(C(N)=O)c(OCCCN)c1. The average molecular weight is 208 g/mol. The topological polar surface area (TPSA) is 78.3 Å². The maximum absolute atomic E-state index is 11.1. The quantitative estimate of drug-likeness (QED) is 0.703. The molecule has 0 aliphatic carbocycles. The first-order valence-electron chi connectivity index (χ1n) is 4.88. The summed E-state index contributed by atoms with van der Waals surface area (Å²) in [4.78, 5) is 11.1. The van der Waals surface area contributed by atoms with Crippen LogP contribution in [0.4, 0.5) is 0 Å². The van der Waals surface area contributed by atoms with Gasteiger partial charge in [0.05, 0.1) is 12.2 Å². The van der Waals surface area contributed by atoms with Crippen molar-refractivity contribution in [3.05, 3.63) is 29.3 Å². The van der Waals surface area contributed by atoms with E-state index in [0.29, 0.717) is 24.5 Å².